The summed E-state index contributed by atoms with van der Waals surface area (Å²) in [7, 11) is 4.03. The fourth-order valence-corrected chi connectivity index (χ4v) is 2.32. The molecule has 6 nitrogen and oxygen atoms in total. The highest BCUT2D eigenvalue weighted by Gasteiger charge is 2.12. The predicted octanol–water partition coefficient (Wildman–Crippen LogP) is 1.12. The maximum Gasteiger partial charge on any atom is 0.305 e. The van der Waals surface area contributed by atoms with Crippen molar-refractivity contribution in [3.05, 3.63) is 53.5 Å². The summed E-state index contributed by atoms with van der Waals surface area (Å²) in [6.45, 7) is 2.81. The molecule has 0 spiro atoms. The minimum absolute atomic E-state index is 0.245. The van der Waals surface area contributed by atoms with Crippen LogP contribution in [0.5, 0.6) is 0 Å². The SMILES string of the molecule is CCc1cccc(NC(=S)NNC(=O)c2ccc(C[NH+](C)C)o2)c1. The van der Waals surface area contributed by atoms with E-state index < -0.39 is 0 Å². The highest BCUT2D eigenvalue weighted by atomic mass is 32.1. The van der Waals surface area contributed by atoms with Crippen LogP contribution in [0.25, 0.3) is 0 Å². The van der Waals surface area contributed by atoms with Crippen LogP contribution in [0.3, 0.4) is 0 Å². The number of amides is 1. The van der Waals surface area contributed by atoms with Gasteiger partial charge in [0.15, 0.2) is 16.6 Å². The zero-order valence-corrected chi connectivity index (χ0v) is 14.9. The van der Waals surface area contributed by atoms with Gasteiger partial charge in [-0.05, 0) is 48.5 Å². The Kier molecular flexibility index (Phi) is 6.34. The van der Waals surface area contributed by atoms with E-state index in [0.29, 0.717) is 11.7 Å². The minimum Gasteiger partial charge on any atom is -0.450 e. The number of furan rings is 1. The lowest BCUT2D eigenvalue weighted by Gasteiger charge is -2.11. The molecule has 128 valence electrons. The number of benzene rings is 1. The zero-order chi connectivity index (χ0) is 17.5. The van der Waals surface area contributed by atoms with Crippen molar-refractivity contribution in [2.75, 3.05) is 19.4 Å². The Morgan fingerprint density at radius 3 is 2.71 bits per heavy atom. The summed E-state index contributed by atoms with van der Waals surface area (Å²) in [5, 5.41) is 3.33. The van der Waals surface area contributed by atoms with Gasteiger partial charge < -0.3 is 14.6 Å². The smallest absolute Gasteiger partial charge is 0.305 e. The number of anilines is 1. The molecule has 0 fully saturated rings. The maximum atomic E-state index is 12.0. The van der Waals surface area contributed by atoms with E-state index in [1.165, 1.54) is 10.5 Å². The summed E-state index contributed by atoms with van der Waals surface area (Å²) in [5.74, 6) is 0.633. The van der Waals surface area contributed by atoms with Gasteiger partial charge >= 0.3 is 5.91 Å². The number of hydrogen-bond acceptors (Lipinski definition) is 3. The molecule has 2 aromatic rings. The molecule has 7 heteroatoms. The number of carbonyl (C=O) groups excluding carboxylic acids is 1. The Morgan fingerprint density at radius 1 is 1.21 bits per heavy atom. The maximum absolute atomic E-state index is 12.0. The summed E-state index contributed by atoms with van der Waals surface area (Å²) in [6.07, 6.45) is 0.946. The van der Waals surface area contributed by atoms with Crippen LogP contribution in [-0.2, 0) is 13.0 Å². The number of nitrogens with one attached hydrogen (secondary N) is 4. The average molecular weight is 347 g/mol. The van der Waals surface area contributed by atoms with Gasteiger partial charge in [-0.25, -0.2) is 0 Å². The van der Waals surface area contributed by atoms with E-state index in [-0.39, 0.29) is 11.7 Å². The number of rotatable bonds is 5. The lowest BCUT2D eigenvalue weighted by Crippen LogP contribution is -3.04. The average Bonchev–Trinajstić information content (AvgIpc) is 3.00. The molecule has 4 N–H and O–H groups in total. The highest BCUT2D eigenvalue weighted by Crippen LogP contribution is 2.11. The van der Waals surface area contributed by atoms with E-state index in [0.717, 1.165) is 17.9 Å². The van der Waals surface area contributed by atoms with Crippen LogP contribution in [0.1, 0.15) is 28.8 Å². The van der Waals surface area contributed by atoms with E-state index in [9.17, 15) is 4.79 Å². The first kappa shape index (κ1) is 18.0. The minimum atomic E-state index is -0.374. The molecule has 1 heterocycles. The number of thiocarbonyl (C=S) groups is 1. The van der Waals surface area contributed by atoms with Crippen molar-refractivity contribution in [1.82, 2.24) is 10.9 Å². The molecule has 0 atom stereocenters. The molecule has 24 heavy (non-hydrogen) atoms. The van der Waals surface area contributed by atoms with Crippen LogP contribution in [0.15, 0.2) is 40.8 Å². The van der Waals surface area contributed by atoms with Gasteiger partial charge in [0.05, 0.1) is 14.1 Å². The fraction of sp³-hybridized carbons (Fsp3) is 0.294. The second-order valence-electron chi connectivity index (χ2n) is 5.74. The van der Waals surface area contributed by atoms with Crippen LogP contribution in [0.4, 0.5) is 5.69 Å². The molecule has 0 radical (unpaired) electrons. The molecule has 1 amide bonds. The molecule has 0 saturated heterocycles. The van der Waals surface area contributed by atoms with Crippen molar-refractivity contribution in [1.29, 1.82) is 0 Å². The number of quaternary nitrogens is 1. The third-order valence-electron chi connectivity index (χ3n) is 3.30. The molecular weight excluding hydrogens is 324 g/mol. The normalized spacial score (nSPS) is 10.5. The van der Waals surface area contributed by atoms with E-state index in [1.807, 2.05) is 38.4 Å². The first-order chi connectivity index (χ1) is 11.5. The number of aryl methyl sites for hydroxylation is 1. The second-order valence-corrected chi connectivity index (χ2v) is 6.15. The Hall–Kier alpha value is -2.38. The summed E-state index contributed by atoms with van der Waals surface area (Å²) in [5.41, 5.74) is 7.27. The van der Waals surface area contributed by atoms with Crippen molar-refractivity contribution >= 4 is 28.9 Å². The molecule has 0 bridgehead atoms. The van der Waals surface area contributed by atoms with Gasteiger partial charge in [-0.2, -0.15) is 0 Å². The molecule has 0 aliphatic heterocycles. The summed E-state index contributed by atoms with van der Waals surface area (Å²) >= 11 is 5.18. The van der Waals surface area contributed by atoms with Crippen LogP contribution in [0.2, 0.25) is 0 Å². The van der Waals surface area contributed by atoms with Gasteiger partial charge in [0, 0.05) is 5.69 Å². The zero-order valence-electron chi connectivity index (χ0n) is 14.1. The van der Waals surface area contributed by atoms with Gasteiger partial charge in [0.1, 0.15) is 6.54 Å². The third kappa shape index (κ3) is 5.36. The van der Waals surface area contributed by atoms with Crippen molar-refractivity contribution in [3.8, 4) is 0 Å². The molecule has 0 unspecified atom stereocenters. The van der Waals surface area contributed by atoms with Crippen molar-refractivity contribution in [2.24, 2.45) is 0 Å². The van der Waals surface area contributed by atoms with E-state index in [1.54, 1.807) is 12.1 Å². The molecule has 2 rings (SSSR count). The van der Waals surface area contributed by atoms with Crippen molar-refractivity contribution in [3.63, 3.8) is 0 Å². The van der Waals surface area contributed by atoms with E-state index >= 15 is 0 Å². The van der Waals surface area contributed by atoms with Gasteiger partial charge in [0.25, 0.3) is 0 Å². The third-order valence-corrected chi connectivity index (χ3v) is 3.50. The lowest BCUT2D eigenvalue weighted by molar-refractivity contribution is -0.873. The molecule has 0 aliphatic rings. The Morgan fingerprint density at radius 2 is 2.00 bits per heavy atom. The van der Waals surface area contributed by atoms with E-state index in [4.69, 9.17) is 16.6 Å². The number of carbonyl (C=O) groups is 1. The number of hydrazine groups is 1. The highest BCUT2D eigenvalue weighted by molar-refractivity contribution is 7.80. The van der Waals surface area contributed by atoms with Crippen LogP contribution >= 0.6 is 12.2 Å². The van der Waals surface area contributed by atoms with Crippen molar-refractivity contribution < 1.29 is 14.1 Å². The molecule has 0 aliphatic carbocycles. The monoisotopic (exact) mass is 347 g/mol. The topological polar surface area (TPSA) is 70.7 Å². The predicted molar refractivity (Wildman–Crippen MR) is 97.9 cm³/mol. The van der Waals surface area contributed by atoms with E-state index in [2.05, 4.69) is 23.1 Å². The van der Waals surface area contributed by atoms with Crippen LogP contribution in [0, 0.1) is 0 Å². The van der Waals surface area contributed by atoms with Gasteiger partial charge in [-0.3, -0.25) is 15.6 Å². The summed E-state index contributed by atoms with van der Waals surface area (Å²) in [6, 6.07) is 11.4. The molecule has 1 aromatic carbocycles. The molecule has 0 saturated carbocycles. The molecular formula is C17H23N4O2S+. The largest absolute Gasteiger partial charge is 0.450 e. The van der Waals surface area contributed by atoms with Gasteiger partial charge in [0.2, 0.25) is 0 Å². The Labute approximate surface area is 147 Å². The first-order valence-corrected chi connectivity index (χ1v) is 8.22. The van der Waals surface area contributed by atoms with Crippen LogP contribution < -0.4 is 21.1 Å². The Bertz CT molecular complexity index is 712. The number of hydrogen-bond donors (Lipinski definition) is 4. The quantitative estimate of drug-likeness (QED) is 0.482. The van der Waals surface area contributed by atoms with Crippen molar-refractivity contribution in [2.45, 2.75) is 19.9 Å². The standard InChI is InChI=1S/C17H22N4O2S/c1-4-12-6-5-7-13(10-12)18-17(24)20-19-16(22)15-9-8-14(23-15)11-21(2)3/h5-10H,4,11H2,1-3H3,(H,19,22)(H2,18,20,24)/p+1. The summed E-state index contributed by atoms with van der Waals surface area (Å²) in [4.78, 5) is 13.3. The van der Waals surface area contributed by atoms with Crippen LogP contribution in [-0.4, -0.2) is 25.1 Å². The van der Waals surface area contributed by atoms with Gasteiger partial charge in [-0.1, -0.05) is 19.1 Å². The lowest BCUT2D eigenvalue weighted by atomic mass is 10.1. The molecule has 1 aromatic heterocycles. The Balaban J connectivity index is 1.84. The summed E-state index contributed by atoms with van der Waals surface area (Å²) < 4.78 is 5.50. The van der Waals surface area contributed by atoms with Gasteiger partial charge in [-0.15, -0.1) is 0 Å². The second kappa shape index (κ2) is 8.47. The fourth-order valence-electron chi connectivity index (χ4n) is 2.15. The first-order valence-electron chi connectivity index (χ1n) is 7.82.